The SMILES string of the molecule is CC[C@H](C)[C@H](N)C(=O)N[C@@H](CO)C(=O)N[C@@H](CCC(=O)O)C(=O)N[C@H](C(=O)N[C@@H](CC(=O)O)C(=O)N[C@@H](CC(C)C)[C@@H](O)CN[C@@H](CCSC)C(=O)N[C@H](C(=O)N[C@@H](CC(C)C)C(=O)N[C@@H](CC(=O)O)C(N)=O)C(C)C)[C@@H](C)CC. The molecule has 0 unspecified atom stereocenters. The number of aliphatic hydroxyl groups is 2. The van der Waals surface area contributed by atoms with Crippen molar-refractivity contribution in [2.45, 2.75) is 194 Å². The molecule has 0 fully saturated rings. The summed E-state index contributed by atoms with van der Waals surface area (Å²) in [5.74, 6) is -14.2. The monoisotopic (exact) mass is 1160 g/mol. The number of rotatable bonds is 41. The fourth-order valence-corrected chi connectivity index (χ4v) is 8.35. The second kappa shape index (κ2) is 37.7. The summed E-state index contributed by atoms with van der Waals surface area (Å²) in [5, 5.41) is 72.8. The maximum Gasteiger partial charge on any atom is 0.305 e. The van der Waals surface area contributed by atoms with Crippen molar-refractivity contribution in [2.24, 2.45) is 41.1 Å². The Bertz CT molecular complexity index is 2090. The van der Waals surface area contributed by atoms with Crippen molar-refractivity contribution in [3.8, 4) is 0 Å². The smallest absolute Gasteiger partial charge is 0.305 e. The largest absolute Gasteiger partial charge is 0.481 e. The summed E-state index contributed by atoms with van der Waals surface area (Å²) in [6.45, 7) is 15.8. The van der Waals surface area contributed by atoms with E-state index in [1.807, 2.05) is 0 Å². The van der Waals surface area contributed by atoms with E-state index >= 15 is 0 Å². The van der Waals surface area contributed by atoms with Crippen LogP contribution in [0.15, 0.2) is 0 Å². The lowest BCUT2D eigenvalue weighted by atomic mass is 9.96. The highest BCUT2D eigenvalue weighted by atomic mass is 32.2. The highest BCUT2D eigenvalue weighted by Gasteiger charge is 2.37. The molecule has 0 aromatic rings. The third-order valence-corrected chi connectivity index (χ3v) is 13.7. The van der Waals surface area contributed by atoms with E-state index in [1.54, 1.807) is 75.5 Å². The minimum atomic E-state index is -1.81. The van der Waals surface area contributed by atoms with Gasteiger partial charge in [0.15, 0.2) is 0 Å². The fourth-order valence-electron chi connectivity index (χ4n) is 7.88. The molecule has 0 aromatic carbocycles. The Hall–Kier alpha value is -6.17. The molecule has 0 radical (unpaired) electrons. The number of nitrogens with two attached hydrogens (primary N) is 2. The van der Waals surface area contributed by atoms with Crippen molar-refractivity contribution in [2.75, 3.05) is 25.2 Å². The average Bonchev–Trinajstić information content (AvgIpc) is 3.36. The van der Waals surface area contributed by atoms with Crippen LogP contribution in [0.5, 0.6) is 0 Å². The van der Waals surface area contributed by atoms with E-state index in [9.17, 15) is 83.1 Å². The van der Waals surface area contributed by atoms with Gasteiger partial charge in [0.2, 0.25) is 53.2 Å². The molecular weight excluding hydrogens is 1070 g/mol. The zero-order valence-corrected chi connectivity index (χ0v) is 48.7. The molecule has 80 heavy (non-hydrogen) atoms. The molecular formula is C51H91N11O17S. The molecule has 28 nitrogen and oxygen atoms in total. The minimum Gasteiger partial charge on any atom is -0.481 e. The molecule has 0 aliphatic heterocycles. The molecule has 18 N–H and O–H groups in total. The van der Waals surface area contributed by atoms with E-state index in [0.717, 1.165) is 0 Å². The van der Waals surface area contributed by atoms with Gasteiger partial charge in [0.1, 0.15) is 42.3 Å². The molecule has 458 valence electrons. The van der Waals surface area contributed by atoms with Crippen molar-refractivity contribution in [1.82, 2.24) is 47.9 Å². The summed E-state index contributed by atoms with van der Waals surface area (Å²) < 4.78 is 0. The zero-order chi connectivity index (χ0) is 61.7. The summed E-state index contributed by atoms with van der Waals surface area (Å²) in [6, 6.07) is -13.9. The van der Waals surface area contributed by atoms with Crippen molar-refractivity contribution in [3.63, 3.8) is 0 Å². The van der Waals surface area contributed by atoms with Crippen LogP contribution >= 0.6 is 11.8 Å². The first-order valence-corrected chi connectivity index (χ1v) is 28.3. The lowest BCUT2D eigenvalue weighted by molar-refractivity contribution is -0.142. The number of primary amides is 1. The number of hydrogen-bond acceptors (Lipinski definition) is 17. The van der Waals surface area contributed by atoms with Gasteiger partial charge in [0, 0.05) is 13.0 Å². The van der Waals surface area contributed by atoms with E-state index in [4.69, 9.17) is 11.5 Å². The van der Waals surface area contributed by atoms with Crippen LogP contribution in [0.4, 0.5) is 0 Å². The lowest BCUT2D eigenvalue weighted by Crippen LogP contribution is -2.61. The number of nitrogens with one attached hydrogen (secondary N) is 9. The van der Waals surface area contributed by atoms with Gasteiger partial charge in [-0.3, -0.25) is 57.5 Å². The molecule has 0 spiro atoms. The predicted molar refractivity (Wildman–Crippen MR) is 295 cm³/mol. The molecule has 0 saturated heterocycles. The standard InChI is InChI=1S/C51H91N11O17S/c1-12-27(9)40(52)49(77)60-35(23-63)48(76)55-30(14-15-37(65)66)45(73)62-42(28(10)13-2)51(79)59-34(21-39(69)70)47(75)56-31(18-24(3)4)36(64)22-54-29(16-17-80-11)44(72)61-41(26(7)8)50(78)58-33(19-25(5)6)46(74)57-32(43(53)71)20-38(67)68/h24-36,40-42,54,63-64H,12-23,52H2,1-11H3,(H2,53,71)(H,55,76)(H,56,75)(H,57,74)(H,58,78)(H,59,79)(H,60,77)(H,61,72)(H,62,73)(H,65,66)(H,67,68)(H,69,70)/t27-,28-,29-,30-,31-,32-,33-,34-,35-,36-,40-,41-,42-/m0/s1. The van der Waals surface area contributed by atoms with Gasteiger partial charge >= 0.3 is 17.9 Å². The van der Waals surface area contributed by atoms with Crippen molar-refractivity contribution >= 4 is 82.8 Å². The van der Waals surface area contributed by atoms with Crippen LogP contribution in [-0.2, 0) is 57.5 Å². The molecule has 0 rings (SSSR count). The summed E-state index contributed by atoms with van der Waals surface area (Å²) in [4.78, 5) is 156. The number of carboxylic acid groups (broad SMARTS) is 3. The molecule has 0 bridgehead atoms. The first-order chi connectivity index (χ1) is 37.2. The maximum absolute atomic E-state index is 14.1. The van der Waals surface area contributed by atoms with Crippen LogP contribution in [-0.4, -0.2) is 188 Å². The second-order valence-corrected chi connectivity index (χ2v) is 22.2. The highest BCUT2D eigenvalue weighted by molar-refractivity contribution is 7.98. The van der Waals surface area contributed by atoms with Gasteiger partial charge in [0.05, 0.1) is 43.7 Å². The Morgan fingerprint density at radius 1 is 0.500 bits per heavy atom. The molecule has 13 atom stereocenters. The van der Waals surface area contributed by atoms with Crippen LogP contribution < -0.4 is 59.3 Å². The van der Waals surface area contributed by atoms with E-state index in [2.05, 4.69) is 47.9 Å². The number of aliphatic hydroxyl groups excluding tert-OH is 2. The Labute approximate surface area is 472 Å². The molecule has 0 saturated carbocycles. The molecule has 9 amide bonds. The molecule has 29 heteroatoms. The van der Waals surface area contributed by atoms with E-state index in [0.29, 0.717) is 12.2 Å². The summed E-state index contributed by atoms with van der Waals surface area (Å²) in [7, 11) is 0. The Balaban J connectivity index is 6.60. The average molecular weight is 1160 g/mol. The molecule has 0 aliphatic carbocycles. The Kier molecular flexibility index (Phi) is 34.8. The topological polar surface area (TPSA) is 466 Å². The first-order valence-electron chi connectivity index (χ1n) is 26.9. The molecule has 0 heterocycles. The lowest BCUT2D eigenvalue weighted by Gasteiger charge is -2.31. The van der Waals surface area contributed by atoms with Gasteiger partial charge in [-0.1, -0.05) is 82.1 Å². The number of carbonyl (C=O) groups is 12. The second-order valence-electron chi connectivity index (χ2n) is 21.2. The number of carboxylic acids is 3. The van der Waals surface area contributed by atoms with Crippen LogP contribution in [0.3, 0.4) is 0 Å². The normalized spacial score (nSPS) is 16.3. The fraction of sp³-hybridized carbons (Fsp3) is 0.765. The van der Waals surface area contributed by atoms with E-state index in [1.165, 1.54) is 11.8 Å². The quantitative estimate of drug-likeness (QED) is 0.0298. The zero-order valence-electron chi connectivity index (χ0n) is 47.9. The number of thioether (sulfide) groups is 1. The molecule has 0 aromatic heterocycles. The summed E-state index contributed by atoms with van der Waals surface area (Å²) in [6.07, 6.45) is -1.54. The Morgan fingerprint density at radius 3 is 1.44 bits per heavy atom. The van der Waals surface area contributed by atoms with Gasteiger partial charge in [-0.15, -0.1) is 0 Å². The van der Waals surface area contributed by atoms with Gasteiger partial charge in [-0.05, 0) is 67.3 Å². The predicted octanol–water partition coefficient (Wildman–Crippen LogP) is -2.60. The van der Waals surface area contributed by atoms with Crippen molar-refractivity contribution in [1.29, 1.82) is 0 Å². The summed E-state index contributed by atoms with van der Waals surface area (Å²) >= 11 is 1.40. The van der Waals surface area contributed by atoms with Crippen LogP contribution in [0.1, 0.15) is 127 Å². The van der Waals surface area contributed by atoms with Crippen molar-refractivity contribution < 1.29 is 83.1 Å². The maximum atomic E-state index is 14.1. The van der Waals surface area contributed by atoms with Gasteiger partial charge in [-0.25, -0.2) is 0 Å². The van der Waals surface area contributed by atoms with Gasteiger partial charge in [-0.2, -0.15) is 11.8 Å². The summed E-state index contributed by atoms with van der Waals surface area (Å²) in [5.41, 5.74) is 11.3. The number of amides is 9. The Morgan fingerprint density at radius 2 is 0.950 bits per heavy atom. The van der Waals surface area contributed by atoms with Crippen molar-refractivity contribution in [3.05, 3.63) is 0 Å². The number of aliphatic carboxylic acids is 3. The first kappa shape index (κ1) is 73.8. The number of hydrogen-bond donors (Lipinski definition) is 16. The van der Waals surface area contributed by atoms with E-state index < -0.39 is 182 Å². The third kappa shape index (κ3) is 27.8. The van der Waals surface area contributed by atoms with Gasteiger partial charge in [0.25, 0.3) is 0 Å². The molecule has 0 aliphatic rings. The van der Waals surface area contributed by atoms with E-state index in [-0.39, 0.29) is 50.0 Å². The minimum absolute atomic E-state index is 0.0626. The van der Waals surface area contributed by atoms with Gasteiger partial charge < -0.3 is 84.9 Å². The third-order valence-electron chi connectivity index (χ3n) is 13.1. The number of carbonyl (C=O) groups excluding carboxylic acids is 9. The van der Waals surface area contributed by atoms with Crippen LogP contribution in [0, 0.1) is 29.6 Å². The van der Waals surface area contributed by atoms with Crippen LogP contribution in [0.2, 0.25) is 0 Å². The van der Waals surface area contributed by atoms with Crippen LogP contribution in [0.25, 0.3) is 0 Å². The highest BCUT2D eigenvalue weighted by Crippen LogP contribution is 2.15.